The fraction of sp³-hybridized carbons (Fsp3) is 0.629. The van der Waals surface area contributed by atoms with Crippen molar-refractivity contribution in [3.05, 3.63) is 49.1 Å². The number of esters is 1. The molecule has 0 saturated heterocycles. The van der Waals surface area contributed by atoms with Gasteiger partial charge in [0.05, 0.1) is 6.10 Å². The Balaban J connectivity index is 0.000000992. The van der Waals surface area contributed by atoms with E-state index in [2.05, 4.69) is 39.2 Å². The van der Waals surface area contributed by atoms with E-state index >= 15 is 0 Å². The number of rotatable bonds is 9. The van der Waals surface area contributed by atoms with Gasteiger partial charge in [0.15, 0.2) is 11.6 Å². The zero-order chi connectivity index (χ0) is 32.4. The van der Waals surface area contributed by atoms with Gasteiger partial charge in [0.25, 0.3) is 0 Å². The molecular weight excluding hydrogens is 546 g/mol. The first-order valence-corrected chi connectivity index (χ1v) is 15.5. The molecule has 4 aliphatic carbocycles. The Labute approximate surface area is 257 Å². The van der Waals surface area contributed by atoms with Gasteiger partial charge in [0.2, 0.25) is 5.91 Å². The molecule has 0 aromatic heterocycles. The molecule has 0 radical (unpaired) electrons. The maximum Gasteiger partial charge on any atom is 0.306 e. The minimum absolute atomic E-state index is 0.0201. The highest BCUT2D eigenvalue weighted by molar-refractivity contribution is 6.01. The Morgan fingerprint density at radius 2 is 1.84 bits per heavy atom. The molecular formula is C35H51NO7. The van der Waals surface area contributed by atoms with Crippen LogP contribution in [0.1, 0.15) is 79.6 Å². The Morgan fingerprint density at radius 3 is 2.47 bits per heavy atom. The molecule has 238 valence electrons. The minimum atomic E-state index is -0.576. The Hall–Kier alpha value is -3.13. The molecule has 0 heterocycles. The number of carbonyl (C=O) groups excluding carboxylic acids is 5. The van der Waals surface area contributed by atoms with Gasteiger partial charge in [-0.1, -0.05) is 44.6 Å². The van der Waals surface area contributed by atoms with Crippen LogP contribution in [0.4, 0.5) is 0 Å². The Kier molecular flexibility index (Phi) is 13.5. The van der Waals surface area contributed by atoms with Crippen LogP contribution in [-0.2, 0) is 28.7 Å². The molecule has 0 aromatic carbocycles. The van der Waals surface area contributed by atoms with Crippen LogP contribution >= 0.6 is 0 Å². The summed E-state index contributed by atoms with van der Waals surface area (Å²) in [5, 5.41) is 14.2. The molecule has 4 rings (SSSR count). The zero-order valence-corrected chi connectivity index (χ0v) is 26.6. The first-order valence-electron chi connectivity index (χ1n) is 15.5. The van der Waals surface area contributed by atoms with Crippen molar-refractivity contribution in [2.24, 2.45) is 40.4 Å². The van der Waals surface area contributed by atoms with E-state index in [0.717, 1.165) is 31.1 Å². The van der Waals surface area contributed by atoms with Gasteiger partial charge < -0.3 is 20.0 Å². The van der Waals surface area contributed by atoms with E-state index in [0.29, 0.717) is 25.3 Å². The summed E-state index contributed by atoms with van der Waals surface area (Å²) in [5.41, 5.74) is 0.423. The third-order valence-electron chi connectivity index (χ3n) is 9.79. The highest BCUT2D eigenvalue weighted by Gasteiger charge is 2.64. The number of ether oxygens (including phenoxy) is 1. The molecule has 8 atom stereocenters. The van der Waals surface area contributed by atoms with Gasteiger partial charge in [-0.3, -0.25) is 19.2 Å². The first-order chi connectivity index (χ1) is 20.3. The van der Waals surface area contributed by atoms with Crippen molar-refractivity contribution >= 4 is 29.7 Å². The Bertz CT molecular complexity index is 1120. The molecule has 0 bridgehead atoms. The lowest BCUT2D eigenvalue weighted by Gasteiger charge is -2.58. The van der Waals surface area contributed by atoms with Crippen LogP contribution in [0.25, 0.3) is 0 Å². The molecule has 0 spiro atoms. The zero-order valence-electron chi connectivity index (χ0n) is 26.6. The van der Waals surface area contributed by atoms with Crippen molar-refractivity contribution in [1.82, 2.24) is 5.32 Å². The van der Waals surface area contributed by atoms with Crippen molar-refractivity contribution in [1.29, 1.82) is 0 Å². The van der Waals surface area contributed by atoms with E-state index in [9.17, 15) is 24.3 Å². The van der Waals surface area contributed by atoms with Gasteiger partial charge in [-0.2, -0.15) is 0 Å². The molecule has 2 N–H and O–H groups in total. The molecule has 3 fully saturated rings. The second-order valence-electron chi connectivity index (χ2n) is 12.7. The highest BCUT2D eigenvalue weighted by Crippen LogP contribution is 2.67. The van der Waals surface area contributed by atoms with E-state index in [1.54, 1.807) is 24.3 Å². The maximum absolute atomic E-state index is 13.4. The number of hydrogen-bond acceptors (Lipinski definition) is 7. The number of fused-ring (bicyclic) bond motifs is 5. The minimum Gasteiger partial charge on any atom is -0.458 e. The summed E-state index contributed by atoms with van der Waals surface area (Å²) in [6.45, 7) is 16.8. The molecule has 1 amide bonds. The summed E-state index contributed by atoms with van der Waals surface area (Å²) in [6.07, 6.45) is 12.8. The van der Waals surface area contributed by atoms with Crippen LogP contribution in [0.2, 0.25) is 0 Å². The summed E-state index contributed by atoms with van der Waals surface area (Å²) in [4.78, 5) is 58.1. The third kappa shape index (κ3) is 8.28. The normalized spacial score (nSPS) is 33.3. The summed E-state index contributed by atoms with van der Waals surface area (Å²) in [7, 11) is 0. The number of nitrogens with one attached hydrogen (secondary N) is 1. The average Bonchev–Trinajstić information content (AvgIpc) is 3.21. The lowest BCUT2D eigenvalue weighted by Crippen LogP contribution is -2.56. The van der Waals surface area contributed by atoms with Crippen molar-refractivity contribution in [2.75, 3.05) is 13.2 Å². The summed E-state index contributed by atoms with van der Waals surface area (Å²) in [6, 6.07) is 0. The second-order valence-corrected chi connectivity index (χ2v) is 12.7. The average molecular weight is 598 g/mol. The van der Waals surface area contributed by atoms with E-state index < -0.39 is 12.1 Å². The second kappa shape index (κ2) is 16.1. The van der Waals surface area contributed by atoms with Crippen molar-refractivity contribution in [3.63, 3.8) is 0 Å². The topological polar surface area (TPSA) is 127 Å². The molecule has 0 aromatic rings. The predicted molar refractivity (Wildman–Crippen MR) is 167 cm³/mol. The lowest BCUT2D eigenvalue weighted by molar-refractivity contribution is -0.154. The van der Waals surface area contributed by atoms with E-state index in [-0.39, 0.29) is 71.4 Å². The molecule has 7 unspecified atom stereocenters. The van der Waals surface area contributed by atoms with Crippen molar-refractivity contribution < 1.29 is 33.8 Å². The predicted octanol–water partition coefficient (Wildman–Crippen LogP) is 5.11. The van der Waals surface area contributed by atoms with Gasteiger partial charge in [-0.25, -0.2) is 0 Å². The largest absolute Gasteiger partial charge is 0.458 e. The van der Waals surface area contributed by atoms with Crippen molar-refractivity contribution in [2.45, 2.75) is 85.7 Å². The van der Waals surface area contributed by atoms with Gasteiger partial charge in [0, 0.05) is 36.6 Å². The SMILES string of the molecule is C=CC.C=CCNC(=O)CCCC(=O)OCC(=O)C1[C@H](C)CC2C3CCC4=CC(=O)C=CC4(C)C3C(O)CC21C.CC=O. The number of allylic oxidation sites excluding steroid dienone is 5. The molecule has 3 saturated carbocycles. The van der Waals surface area contributed by atoms with Gasteiger partial charge in [0.1, 0.15) is 12.9 Å². The number of hydrogen-bond donors (Lipinski definition) is 2. The summed E-state index contributed by atoms with van der Waals surface area (Å²) in [5.74, 6) is -0.240. The van der Waals surface area contributed by atoms with Crippen LogP contribution in [0.5, 0.6) is 0 Å². The smallest absolute Gasteiger partial charge is 0.306 e. The summed E-state index contributed by atoms with van der Waals surface area (Å²) < 4.78 is 5.34. The van der Waals surface area contributed by atoms with E-state index in [4.69, 9.17) is 9.53 Å². The molecule has 43 heavy (non-hydrogen) atoms. The summed E-state index contributed by atoms with van der Waals surface area (Å²) >= 11 is 0. The number of aliphatic hydroxyl groups excluding tert-OH is 1. The molecule has 4 aliphatic rings. The van der Waals surface area contributed by atoms with E-state index in [1.165, 1.54) is 6.92 Å². The fourth-order valence-electron chi connectivity index (χ4n) is 8.36. The maximum atomic E-state index is 13.4. The molecule has 8 nitrogen and oxygen atoms in total. The Morgan fingerprint density at radius 1 is 1.19 bits per heavy atom. The van der Waals surface area contributed by atoms with Crippen LogP contribution in [0, 0.1) is 40.4 Å². The van der Waals surface area contributed by atoms with Gasteiger partial charge in [-0.15, -0.1) is 13.2 Å². The van der Waals surface area contributed by atoms with Gasteiger partial charge >= 0.3 is 5.97 Å². The third-order valence-corrected chi connectivity index (χ3v) is 9.79. The fourth-order valence-corrected chi connectivity index (χ4v) is 8.36. The number of carbonyl (C=O) groups is 5. The van der Waals surface area contributed by atoms with Crippen LogP contribution in [-0.4, -0.2) is 54.1 Å². The lowest BCUT2D eigenvalue weighted by atomic mass is 9.46. The standard InChI is InChI=1S/C30H41NO6.C3H6.C2H4O/c1-5-13-31-25(35)7-6-8-26(36)37-17-24(34)27-18(2)14-22-21-10-9-19-15-20(32)11-12-29(19,3)28(21)23(33)16-30(22,27)4;1-3-2;1-2-3/h5,11-12,15,18,21-23,27-28,33H,1,6-10,13-14,16-17H2,2-4H3,(H,31,35);3H,1H2,2H3;2H,1H3/t18-,21?,22?,23?,27?,28?,29?,30?;;/m1../s1. The van der Waals surface area contributed by atoms with Crippen LogP contribution < -0.4 is 5.32 Å². The highest BCUT2D eigenvalue weighted by atomic mass is 16.5. The monoisotopic (exact) mass is 597 g/mol. The number of aldehydes is 1. The van der Waals surface area contributed by atoms with Gasteiger partial charge in [-0.05, 0) is 81.3 Å². The van der Waals surface area contributed by atoms with Crippen LogP contribution in [0.3, 0.4) is 0 Å². The van der Waals surface area contributed by atoms with E-state index in [1.807, 2.05) is 13.0 Å². The molecule has 0 aliphatic heterocycles. The molecule has 8 heteroatoms. The number of aliphatic hydroxyl groups is 1. The van der Waals surface area contributed by atoms with Crippen molar-refractivity contribution in [3.8, 4) is 0 Å². The number of ketones is 2. The van der Waals surface area contributed by atoms with Crippen LogP contribution in [0.15, 0.2) is 49.1 Å². The number of amides is 1. The number of Topliss-reactive ketones (excluding diaryl/α,β-unsaturated/α-hetero) is 1. The quantitative estimate of drug-likeness (QED) is 0.215. The first kappa shape index (κ1) is 36.1.